The number of phenols is 1. The summed E-state index contributed by atoms with van der Waals surface area (Å²) in [7, 11) is 2.98. The number of ether oxygens (including phenoxy) is 3. The Morgan fingerprint density at radius 2 is 1.81 bits per heavy atom. The van der Waals surface area contributed by atoms with Crippen molar-refractivity contribution in [2.75, 3.05) is 53.6 Å². The summed E-state index contributed by atoms with van der Waals surface area (Å²) in [5, 5.41) is 21.5. The minimum absolute atomic E-state index is 0.00684. The lowest BCUT2D eigenvalue weighted by Crippen LogP contribution is -2.38. The number of carbonyl (C=O) groups excluding carboxylic acids is 2. The number of hydrogen-bond acceptors (Lipinski definition) is 8. The van der Waals surface area contributed by atoms with Crippen molar-refractivity contribution in [3.63, 3.8) is 0 Å². The number of aliphatic hydroxyl groups excluding tert-OH is 1. The van der Waals surface area contributed by atoms with Crippen LogP contribution in [0.5, 0.6) is 17.2 Å². The molecule has 2 aromatic carbocycles. The van der Waals surface area contributed by atoms with Crippen molar-refractivity contribution >= 4 is 17.4 Å². The van der Waals surface area contributed by atoms with Crippen LogP contribution in [0.4, 0.5) is 0 Å². The predicted octanol–water partition coefficient (Wildman–Crippen LogP) is 2.86. The van der Waals surface area contributed by atoms with Crippen LogP contribution in [0.25, 0.3) is 5.76 Å². The Bertz CT molecular complexity index is 1170. The summed E-state index contributed by atoms with van der Waals surface area (Å²) < 4.78 is 15.9. The smallest absolute Gasteiger partial charge is 0.295 e. The van der Waals surface area contributed by atoms with Crippen LogP contribution in [-0.4, -0.2) is 85.3 Å². The van der Waals surface area contributed by atoms with Crippen molar-refractivity contribution < 1.29 is 34.0 Å². The molecule has 0 radical (unpaired) electrons. The quantitative estimate of drug-likeness (QED) is 0.326. The van der Waals surface area contributed by atoms with Crippen LogP contribution in [0.15, 0.2) is 42.0 Å². The third-order valence-corrected chi connectivity index (χ3v) is 6.73. The summed E-state index contributed by atoms with van der Waals surface area (Å²) in [5.74, 6) is -0.884. The highest BCUT2D eigenvalue weighted by Gasteiger charge is 2.46. The van der Waals surface area contributed by atoms with E-state index >= 15 is 0 Å². The molecule has 2 N–H and O–H groups in total. The number of carbonyl (C=O) groups is 2. The number of morpholine rings is 1. The Morgan fingerprint density at radius 3 is 2.47 bits per heavy atom. The van der Waals surface area contributed by atoms with Crippen molar-refractivity contribution in [3.05, 3.63) is 58.7 Å². The van der Waals surface area contributed by atoms with E-state index in [2.05, 4.69) is 4.90 Å². The van der Waals surface area contributed by atoms with Gasteiger partial charge in [-0.3, -0.25) is 14.5 Å². The maximum Gasteiger partial charge on any atom is 0.295 e. The van der Waals surface area contributed by atoms with Gasteiger partial charge in [-0.15, -0.1) is 0 Å². The SMILES string of the molecule is COc1ccc(C(O)=C2C(=O)C(=O)N(CCCN3CCOCC3)[C@@H]2c2ccc(O)c(OC)c2)c(C)c1. The molecule has 0 unspecified atom stereocenters. The van der Waals surface area contributed by atoms with Gasteiger partial charge >= 0.3 is 0 Å². The van der Waals surface area contributed by atoms with Crippen LogP contribution in [0.1, 0.15) is 29.2 Å². The number of phenolic OH excluding ortho intramolecular Hbond substituents is 1. The summed E-state index contributed by atoms with van der Waals surface area (Å²) in [6.07, 6.45) is 0.653. The zero-order chi connectivity index (χ0) is 25.8. The molecule has 1 atom stereocenters. The molecule has 0 aromatic heterocycles. The predicted molar refractivity (Wildman–Crippen MR) is 133 cm³/mol. The molecule has 0 bridgehead atoms. The molecule has 2 aromatic rings. The van der Waals surface area contributed by atoms with Gasteiger partial charge < -0.3 is 29.3 Å². The van der Waals surface area contributed by atoms with E-state index in [0.29, 0.717) is 48.6 Å². The van der Waals surface area contributed by atoms with Gasteiger partial charge in [-0.05, 0) is 54.8 Å². The van der Waals surface area contributed by atoms with Crippen LogP contribution in [0, 0.1) is 6.92 Å². The largest absolute Gasteiger partial charge is 0.507 e. The Hall–Kier alpha value is -3.56. The van der Waals surface area contributed by atoms with Gasteiger partial charge in [0.05, 0.1) is 39.0 Å². The molecule has 9 heteroatoms. The number of benzene rings is 2. The fourth-order valence-corrected chi connectivity index (χ4v) is 4.78. The van der Waals surface area contributed by atoms with E-state index in [4.69, 9.17) is 14.2 Å². The zero-order valence-electron chi connectivity index (χ0n) is 20.8. The number of rotatable bonds is 8. The maximum atomic E-state index is 13.3. The van der Waals surface area contributed by atoms with Crippen LogP contribution in [0.2, 0.25) is 0 Å². The molecule has 0 saturated carbocycles. The normalized spacial score (nSPS) is 20.1. The van der Waals surface area contributed by atoms with Crippen molar-refractivity contribution in [2.45, 2.75) is 19.4 Å². The van der Waals surface area contributed by atoms with Gasteiger partial charge in [0.25, 0.3) is 11.7 Å². The highest BCUT2D eigenvalue weighted by Crippen LogP contribution is 2.42. The second-order valence-electron chi connectivity index (χ2n) is 8.91. The molecule has 2 heterocycles. The number of hydrogen-bond donors (Lipinski definition) is 2. The number of nitrogens with zero attached hydrogens (tertiary/aromatic N) is 2. The van der Waals surface area contributed by atoms with E-state index in [-0.39, 0.29) is 22.8 Å². The monoisotopic (exact) mass is 496 g/mol. The fraction of sp³-hybridized carbons (Fsp3) is 0.407. The molecule has 2 fully saturated rings. The second-order valence-corrected chi connectivity index (χ2v) is 8.91. The highest BCUT2D eigenvalue weighted by molar-refractivity contribution is 6.46. The Balaban J connectivity index is 1.74. The summed E-state index contributed by atoms with van der Waals surface area (Å²) in [6.45, 7) is 5.90. The van der Waals surface area contributed by atoms with Gasteiger partial charge in [0, 0.05) is 31.7 Å². The van der Waals surface area contributed by atoms with Crippen LogP contribution in [-0.2, 0) is 14.3 Å². The standard InChI is InChI=1S/C27H32N2O7/c1-17-15-19(34-2)6-7-20(17)25(31)23-24(18-5-8-21(30)22(16-18)35-3)29(27(33)26(23)32)10-4-9-28-11-13-36-14-12-28/h5-8,15-16,24,30-31H,4,9-14H2,1-3H3/t24-/m1/s1. The lowest BCUT2D eigenvalue weighted by Gasteiger charge is -2.29. The molecular weight excluding hydrogens is 464 g/mol. The number of ketones is 1. The number of Topliss-reactive ketones (excluding diaryl/α,β-unsaturated/α-hetero) is 1. The first-order valence-corrected chi connectivity index (χ1v) is 12.0. The number of aryl methyl sites for hydroxylation is 1. The first-order chi connectivity index (χ1) is 17.3. The molecule has 1 amide bonds. The van der Waals surface area contributed by atoms with E-state index in [1.165, 1.54) is 18.1 Å². The van der Waals surface area contributed by atoms with E-state index in [0.717, 1.165) is 19.6 Å². The fourth-order valence-electron chi connectivity index (χ4n) is 4.78. The van der Waals surface area contributed by atoms with Crippen LogP contribution < -0.4 is 9.47 Å². The third-order valence-electron chi connectivity index (χ3n) is 6.73. The minimum atomic E-state index is -0.828. The topological polar surface area (TPSA) is 109 Å². The Kier molecular flexibility index (Phi) is 7.81. The summed E-state index contributed by atoms with van der Waals surface area (Å²) >= 11 is 0. The van der Waals surface area contributed by atoms with Gasteiger partial charge in [-0.1, -0.05) is 6.07 Å². The van der Waals surface area contributed by atoms with E-state index in [1.807, 2.05) is 0 Å². The number of methoxy groups -OCH3 is 2. The van der Waals surface area contributed by atoms with Gasteiger partial charge in [0.1, 0.15) is 11.5 Å². The first-order valence-electron chi connectivity index (χ1n) is 12.0. The van der Waals surface area contributed by atoms with Crippen molar-refractivity contribution in [2.24, 2.45) is 0 Å². The molecule has 2 aliphatic heterocycles. The average Bonchev–Trinajstić information content (AvgIpc) is 3.14. The van der Waals surface area contributed by atoms with Crippen molar-refractivity contribution in [3.8, 4) is 17.2 Å². The number of aromatic hydroxyl groups is 1. The number of aliphatic hydroxyl groups is 1. The number of amides is 1. The molecule has 36 heavy (non-hydrogen) atoms. The Labute approximate surface area is 210 Å². The molecule has 4 rings (SSSR count). The Morgan fingerprint density at radius 1 is 1.06 bits per heavy atom. The summed E-state index contributed by atoms with van der Waals surface area (Å²) in [6, 6.07) is 8.98. The summed E-state index contributed by atoms with van der Waals surface area (Å²) in [5.41, 5.74) is 1.71. The van der Waals surface area contributed by atoms with Gasteiger partial charge in [0.15, 0.2) is 11.5 Å². The second kappa shape index (κ2) is 11.0. The maximum absolute atomic E-state index is 13.3. The first kappa shape index (κ1) is 25.5. The van der Waals surface area contributed by atoms with E-state index in [1.54, 1.807) is 44.4 Å². The van der Waals surface area contributed by atoms with Gasteiger partial charge in [0.2, 0.25) is 0 Å². The zero-order valence-corrected chi connectivity index (χ0v) is 20.8. The van der Waals surface area contributed by atoms with Crippen LogP contribution >= 0.6 is 0 Å². The van der Waals surface area contributed by atoms with Crippen molar-refractivity contribution in [1.82, 2.24) is 9.80 Å². The van der Waals surface area contributed by atoms with E-state index in [9.17, 15) is 19.8 Å². The lowest BCUT2D eigenvalue weighted by molar-refractivity contribution is -0.140. The molecule has 9 nitrogen and oxygen atoms in total. The average molecular weight is 497 g/mol. The molecule has 0 aliphatic carbocycles. The molecule has 2 saturated heterocycles. The minimum Gasteiger partial charge on any atom is -0.507 e. The molecule has 2 aliphatic rings. The van der Waals surface area contributed by atoms with Gasteiger partial charge in [-0.2, -0.15) is 0 Å². The van der Waals surface area contributed by atoms with E-state index < -0.39 is 17.7 Å². The third kappa shape index (κ3) is 5.03. The molecule has 0 spiro atoms. The number of likely N-dealkylation sites (tertiary alicyclic amines) is 1. The van der Waals surface area contributed by atoms with Crippen molar-refractivity contribution in [1.29, 1.82) is 0 Å². The van der Waals surface area contributed by atoms with Gasteiger partial charge in [-0.25, -0.2) is 0 Å². The highest BCUT2D eigenvalue weighted by atomic mass is 16.5. The summed E-state index contributed by atoms with van der Waals surface area (Å²) in [4.78, 5) is 30.3. The molecular formula is C27H32N2O7. The lowest BCUT2D eigenvalue weighted by atomic mass is 9.93. The van der Waals surface area contributed by atoms with Crippen LogP contribution in [0.3, 0.4) is 0 Å². The molecule has 192 valence electrons.